The molecule has 2 aliphatic rings. The number of carbonyl (C=O) groups excluding carboxylic acids is 1. The highest BCUT2D eigenvalue weighted by Crippen LogP contribution is 2.42. The van der Waals surface area contributed by atoms with Gasteiger partial charge in [0, 0.05) is 42.8 Å². The lowest BCUT2D eigenvalue weighted by Crippen LogP contribution is -2.43. The summed E-state index contributed by atoms with van der Waals surface area (Å²) in [6.45, 7) is 7.43. The molecule has 44 heavy (non-hydrogen) atoms. The molecule has 0 bridgehead atoms. The third-order valence-corrected chi connectivity index (χ3v) is 9.94. The van der Waals surface area contributed by atoms with Crippen molar-refractivity contribution in [1.29, 1.82) is 5.26 Å². The third kappa shape index (κ3) is 4.88. The van der Waals surface area contributed by atoms with Gasteiger partial charge in [-0.25, -0.2) is 8.78 Å². The number of halogens is 2. The van der Waals surface area contributed by atoms with Gasteiger partial charge < -0.3 is 25.2 Å². The van der Waals surface area contributed by atoms with E-state index in [-0.39, 0.29) is 67.5 Å². The molecule has 0 spiro atoms. The molecule has 10 nitrogen and oxygen atoms in total. The van der Waals surface area contributed by atoms with Gasteiger partial charge in [0.25, 0.3) is 0 Å². The standard InChI is InChI=1S/C31H32F2N8O2S/c1-5-23(42)41-12-10-22(16(41)2)40(4)30-20-14-36-26(18-8-9-21(32)28-24(18)19(13-34)29(35)44-28)25(33)27(20)37-31(38-30)43-15-17-7-6-11-39(17)3/h5,8-9,14,16-17,22H,1,6-7,10-12,15,35H2,2-4H3/t16-,17+,22?/m1/s1. The van der Waals surface area contributed by atoms with Gasteiger partial charge in [0.15, 0.2) is 5.82 Å². The van der Waals surface area contributed by atoms with E-state index in [1.807, 2.05) is 32.0 Å². The number of nitrogen functional groups attached to an aromatic ring is 1. The molecule has 2 saturated heterocycles. The van der Waals surface area contributed by atoms with Crippen molar-refractivity contribution in [1.82, 2.24) is 24.8 Å². The number of fused-ring (bicyclic) bond motifs is 2. The molecule has 6 rings (SSSR count). The minimum Gasteiger partial charge on any atom is -0.462 e. The Bertz CT molecular complexity index is 1840. The number of hydrogen-bond acceptors (Lipinski definition) is 10. The van der Waals surface area contributed by atoms with Crippen LogP contribution in [-0.4, -0.2) is 82.6 Å². The van der Waals surface area contributed by atoms with Gasteiger partial charge in [-0.05, 0) is 58.0 Å². The Morgan fingerprint density at radius 2 is 2.11 bits per heavy atom. The molecule has 3 atom stereocenters. The van der Waals surface area contributed by atoms with Gasteiger partial charge >= 0.3 is 6.01 Å². The van der Waals surface area contributed by atoms with Crippen LogP contribution >= 0.6 is 11.3 Å². The number of pyridine rings is 1. The van der Waals surface area contributed by atoms with E-state index in [1.165, 1.54) is 24.4 Å². The summed E-state index contributed by atoms with van der Waals surface area (Å²) in [5.74, 6) is -1.06. The summed E-state index contributed by atoms with van der Waals surface area (Å²) < 4.78 is 37.6. The molecular formula is C31H32F2N8O2S. The normalized spacial score (nSPS) is 20.4. The molecule has 1 amide bonds. The van der Waals surface area contributed by atoms with Crippen LogP contribution in [0.2, 0.25) is 0 Å². The predicted molar refractivity (Wildman–Crippen MR) is 167 cm³/mol. The average molecular weight is 619 g/mol. The van der Waals surface area contributed by atoms with E-state index in [0.29, 0.717) is 30.8 Å². The molecule has 1 unspecified atom stereocenters. The molecule has 3 aromatic heterocycles. The fraction of sp³-hybridized carbons (Fsp3) is 0.387. The van der Waals surface area contributed by atoms with Crippen molar-refractivity contribution >= 4 is 49.1 Å². The van der Waals surface area contributed by atoms with Crippen LogP contribution in [0.5, 0.6) is 6.01 Å². The van der Waals surface area contributed by atoms with E-state index >= 15 is 4.39 Å². The molecule has 2 N–H and O–H groups in total. The van der Waals surface area contributed by atoms with Gasteiger partial charge in [-0.15, -0.1) is 11.3 Å². The second-order valence-electron chi connectivity index (χ2n) is 11.3. The Labute approximate surface area is 257 Å². The van der Waals surface area contributed by atoms with Gasteiger partial charge in [-0.2, -0.15) is 15.2 Å². The fourth-order valence-electron chi connectivity index (χ4n) is 6.43. The summed E-state index contributed by atoms with van der Waals surface area (Å²) in [6.07, 6.45) is 5.49. The van der Waals surface area contributed by atoms with E-state index in [0.717, 1.165) is 30.7 Å². The van der Waals surface area contributed by atoms with Crippen molar-refractivity contribution in [3.05, 3.63) is 48.2 Å². The topological polar surface area (TPSA) is 125 Å². The summed E-state index contributed by atoms with van der Waals surface area (Å²) in [7, 11) is 3.88. The first-order chi connectivity index (χ1) is 21.1. The number of anilines is 2. The van der Waals surface area contributed by atoms with Gasteiger partial charge in [0.05, 0.1) is 21.7 Å². The van der Waals surface area contributed by atoms with Gasteiger partial charge in [-0.1, -0.05) is 6.58 Å². The number of likely N-dealkylation sites (tertiary alicyclic amines) is 2. The lowest BCUT2D eigenvalue weighted by molar-refractivity contribution is -0.126. The zero-order valence-electron chi connectivity index (χ0n) is 24.7. The van der Waals surface area contributed by atoms with Crippen LogP contribution in [0.1, 0.15) is 31.7 Å². The van der Waals surface area contributed by atoms with E-state index in [2.05, 4.69) is 21.4 Å². The summed E-state index contributed by atoms with van der Waals surface area (Å²) in [5.41, 5.74) is 6.21. The number of benzene rings is 1. The summed E-state index contributed by atoms with van der Waals surface area (Å²) in [5, 5.41) is 10.5. The largest absolute Gasteiger partial charge is 0.462 e. The molecule has 0 saturated carbocycles. The van der Waals surface area contributed by atoms with E-state index in [4.69, 9.17) is 15.5 Å². The zero-order chi connectivity index (χ0) is 31.3. The minimum absolute atomic E-state index is 0.0159. The second-order valence-corrected chi connectivity index (χ2v) is 12.3. The maximum absolute atomic E-state index is 16.6. The number of likely N-dealkylation sites (N-methyl/N-ethyl adjacent to an activating group) is 2. The molecule has 0 radical (unpaired) electrons. The smallest absolute Gasteiger partial charge is 0.319 e. The van der Waals surface area contributed by atoms with E-state index in [9.17, 15) is 14.4 Å². The number of ether oxygens (including phenoxy) is 1. The minimum atomic E-state index is -0.758. The molecule has 4 aromatic rings. The highest BCUT2D eigenvalue weighted by Gasteiger charge is 2.37. The van der Waals surface area contributed by atoms with Crippen LogP contribution in [0.3, 0.4) is 0 Å². The molecule has 228 valence electrons. The summed E-state index contributed by atoms with van der Waals surface area (Å²) in [4.78, 5) is 32.0. The lowest BCUT2D eigenvalue weighted by atomic mass is 10.0. The molecular weight excluding hydrogens is 586 g/mol. The van der Waals surface area contributed by atoms with Gasteiger partial charge in [0.2, 0.25) is 5.91 Å². The van der Waals surface area contributed by atoms with Crippen LogP contribution in [0, 0.1) is 23.0 Å². The number of thiophene rings is 1. The van der Waals surface area contributed by atoms with Crippen molar-refractivity contribution in [2.75, 3.05) is 44.4 Å². The van der Waals surface area contributed by atoms with Crippen molar-refractivity contribution in [3.8, 4) is 23.3 Å². The molecule has 13 heteroatoms. The Morgan fingerprint density at radius 3 is 2.82 bits per heavy atom. The molecule has 2 aliphatic heterocycles. The number of nitrogens with zero attached hydrogens (tertiary/aromatic N) is 7. The van der Waals surface area contributed by atoms with Crippen molar-refractivity contribution in [2.45, 2.75) is 44.3 Å². The second kappa shape index (κ2) is 11.6. The number of amides is 1. The number of carbonyl (C=O) groups is 1. The summed E-state index contributed by atoms with van der Waals surface area (Å²) >= 11 is 0.933. The van der Waals surface area contributed by atoms with Crippen LogP contribution in [0.4, 0.5) is 19.6 Å². The number of hydrogen-bond donors (Lipinski definition) is 1. The Morgan fingerprint density at radius 1 is 1.32 bits per heavy atom. The average Bonchev–Trinajstić information content (AvgIpc) is 3.71. The van der Waals surface area contributed by atoms with Crippen molar-refractivity contribution < 1.29 is 18.3 Å². The molecule has 0 aliphatic carbocycles. The Hall–Kier alpha value is -4.41. The van der Waals surface area contributed by atoms with E-state index < -0.39 is 11.6 Å². The summed E-state index contributed by atoms with van der Waals surface area (Å²) in [6, 6.07) is 4.54. The number of rotatable bonds is 7. The van der Waals surface area contributed by atoms with E-state index in [1.54, 1.807) is 4.90 Å². The number of nitrogens with two attached hydrogens (primary N) is 1. The molecule has 2 fully saturated rings. The monoisotopic (exact) mass is 618 g/mol. The maximum Gasteiger partial charge on any atom is 0.319 e. The molecule has 1 aromatic carbocycles. The highest BCUT2D eigenvalue weighted by atomic mass is 32.1. The molecule has 5 heterocycles. The Kier molecular flexibility index (Phi) is 7.81. The van der Waals surface area contributed by atoms with Crippen LogP contribution < -0.4 is 15.4 Å². The highest BCUT2D eigenvalue weighted by molar-refractivity contribution is 7.23. The van der Waals surface area contributed by atoms with Crippen molar-refractivity contribution in [2.24, 2.45) is 0 Å². The number of nitriles is 1. The zero-order valence-corrected chi connectivity index (χ0v) is 25.5. The van der Waals surface area contributed by atoms with Crippen LogP contribution in [-0.2, 0) is 4.79 Å². The number of aromatic nitrogens is 3. The third-order valence-electron chi connectivity index (χ3n) is 8.91. The van der Waals surface area contributed by atoms with Crippen LogP contribution in [0.15, 0.2) is 31.0 Å². The Balaban J connectivity index is 1.49. The lowest BCUT2D eigenvalue weighted by Gasteiger charge is -2.32. The first kappa shape index (κ1) is 29.7. The van der Waals surface area contributed by atoms with Crippen LogP contribution in [0.25, 0.3) is 32.2 Å². The predicted octanol–water partition coefficient (Wildman–Crippen LogP) is 4.72. The fourth-order valence-corrected chi connectivity index (χ4v) is 7.38. The maximum atomic E-state index is 16.6. The quantitative estimate of drug-likeness (QED) is 0.293. The van der Waals surface area contributed by atoms with Gasteiger partial charge in [-0.3, -0.25) is 9.78 Å². The first-order valence-electron chi connectivity index (χ1n) is 14.4. The SMILES string of the molecule is C=CC(=O)N1CCC(N(C)c2nc(OC[C@@H]3CCCN3C)nc3c(F)c(-c4ccc(F)c5sc(N)c(C#N)c45)ncc23)[C@H]1C. The van der Waals surface area contributed by atoms with Crippen molar-refractivity contribution in [3.63, 3.8) is 0 Å². The first-order valence-corrected chi connectivity index (χ1v) is 15.2. The van der Waals surface area contributed by atoms with Gasteiger partial charge in [0.1, 0.15) is 40.5 Å².